The molecule has 0 amide bonds. The first-order valence-electron chi connectivity index (χ1n) is 5.91. The molecule has 0 unspecified atom stereocenters. The molecule has 5 heteroatoms. The van der Waals surface area contributed by atoms with Gasteiger partial charge >= 0.3 is 0 Å². The Balaban J connectivity index is 2.28. The molecule has 0 saturated carbocycles. The maximum atomic E-state index is 7.47. The summed E-state index contributed by atoms with van der Waals surface area (Å²) < 4.78 is 0. The maximum absolute atomic E-state index is 7.47. The summed E-state index contributed by atoms with van der Waals surface area (Å²) in [5.41, 5.74) is 9.20. The van der Waals surface area contributed by atoms with Crippen molar-refractivity contribution in [3.8, 4) is 0 Å². The van der Waals surface area contributed by atoms with Crippen LogP contribution in [0.15, 0.2) is 34.3 Å². The van der Waals surface area contributed by atoms with Crippen LogP contribution in [-0.4, -0.2) is 15.8 Å². The first kappa shape index (κ1) is 13.5. The Morgan fingerprint density at radius 1 is 1.11 bits per heavy atom. The number of hydrogen-bond acceptors (Lipinski definition) is 4. The number of nitrogens with one attached hydrogen (secondary N) is 1. The Morgan fingerprint density at radius 2 is 1.74 bits per heavy atom. The molecule has 0 spiro atoms. The smallest absolute Gasteiger partial charge is 0.192 e. The molecule has 0 saturated heterocycles. The molecule has 0 aliphatic heterocycles. The lowest BCUT2D eigenvalue weighted by Gasteiger charge is -2.07. The van der Waals surface area contributed by atoms with Crippen LogP contribution in [0.25, 0.3) is 0 Å². The SMILES string of the molecule is Cc1cc(C)nc(Sc2ccc(C(=N)N)c(C)c2)n1. The van der Waals surface area contributed by atoms with Gasteiger partial charge in [0, 0.05) is 21.8 Å². The third-order valence-electron chi connectivity index (χ3n) is 2.66. The largest absolute Gasteiger partial charge is 0.384 e. The first-order valence-corrected chi connectivity index (χ1v) is 6.72. The molecule has 2 aromatic rings. The van der Waals surface area contributed by atoms with Gasteiger partial charge in [-0.05, 0) is 62.4 Å². The lowest BCUT2D eigenvalue weighted by molar-refractivity contribution is 0.902. The fourth-order valence-electron chi connectivity index (χ4n) is 1.85. The van der Waals surface area contributed by atoms with E-state index in [0.29, 0.717) is 0 Å². The number of nitrogen functional groups attached to an aromatic ring is 1. The summed E-state index contributed by atoms with van der Waals surface area (Å²) in [7, 11) is 0. The molecule has 19 heavy (non-hydrogen) atoms. The number of aryl methyl sites for hydroxylation is 3. The lowest BCUT2D eigenvalue weighted by atomic mass is 10.1. The van der Waals surface area contributed by atoms with Crippen LogP contribution >= 0.6 is 11.8 Å². The van der Waals surface area contributed by atoms with Crippen LogP contribution in [0.5, 0.6) is 0 Å². The van der Waals surface area contributed by atoms with E-state index in [1.54, 1.807) is 0 Å². The van der Waals surface area contributed by atoms with Crippen molar-refractivity contribution in [3.05, 3.63) is 46.8 Å². The second kappa shape index (κ2) is 5.40. The minimum absolute atomic E-state index is 0.0942. The van der Waals surface area contributed by atoms with Crippen LogP contribution in [-0.2, 0) is 0 Å². The molecule has 0 atom stereocenters. The number of rotatable bonds is 3. The molecule has 0 radical (unpaired) electrons. The molecule has 0 fully saturated rings. The topological polar surface area (TPSA) is 75.7 Å². The molecular weight excluding hydrogens is 256 g/mol. The van der Waals surface area contributed by atoms with Gasteiger partial charge in [-0.2, -0.15) is 0 Å². The van der Waals surface area contributed by atoms with E-state index >= 15 is 0 Å². The average Bonchev–Trinajstić information content (AvgIpc) is 2.26. The highest BCUT2D eigenvalue weighted by molar-refractivity contribution is 7.99. The fraction of sp³-hybridized carbons (Fsp3) is 0.214. The summed E-state index contributed by atoms with van der Waals surface area (Å²) in [5.74, 6) is 0.0942. The van der Waals surface area contributed by atoms with Crippen molar-refractivity contribution in [3.63, 3.8) is 0 Å². The van der Waals surface area contributed by atoms with Gasteiger partial charge in [0.2, 0.25) is 0 Å². The third-order valence-corrected chi connectivity index (χ3v) is 3.51. The number of nitrogens with zero attached hydrogens (tertiary/aromatic N) is 2. The van der Waals surface area contributed by atoms with E-state index in [9.17, 15) is 0 Å². The Labute approximate surface area is 117 Å². The van der Waals surface area contributed by atoms with Gasteiger partial charge in [0.05, 0.1) is 0 Å². The standard InChI is InChI=1S/C14H16N4S/c1-8-6-11(4-5-12(8)13(15)16)19-14-17-9(2)7-10(3)18-14/h4-7H,1-3H3,(H3,15,16). The van der Waals surface area contributed by atoms with E-state index in [1.165, 1.54) is 11.8 Å². The molecular formula is C14H16N4S. The summed E-state index contributed by atoms with van der Waals surface area (Å²) >= 11 is 1.52. The van der Waals surface area contributed by atoms with E-state index < -0.39 is 0 Å². The van der Waals surface area contributed by atoms with Crippen molar-refractivity contribution < 1.29 is 0 Å². The molecule has 0 aliphatic rings. The van der Waals surface area contributed by atoms with E-state index in [4.69, 9.17) is 11.1 Å². The van der Waals surface area contributed by atoms with E-state index in [1.807, 2.05) is 45.0 Å². The van der Waals surface area contributed by atoms with Gasteiger partial charge in [-0.15, -0.1) is 0 Å². The van der Waals surface area contributed by atoms with Crippen molar-refractivity contribution in [2.24, 2.45) is 5.73 Å². The van der Waals surface area contributed by atoms with Crippen molar-refractivity contribution in [2.75, 3.05) is 0 Å². The summed E-state index contributed by atoms with van der Waals surface area (Å²) in [6.45, 7) is 5.87. The van der Waals surface area contributed by atoms with Gasteiger partial charge in [-0.3, -0.25) is 5.41 Å². The molecule has 1 aromatic heterocycles. The molecule has 1 heterocycles. The zero-order valence-electron chi connectivity index (χ0n) is 11.2. The Bertz CT molecular complexity index is 617. The maximum Gasteiger partial charge on any atom is 0.192 e. The molecule has 4 nitrogen and oxygen atoms in total. The van der Waals surface area contributed by atoms with Crippen molar-refractivity contribution in [1.82, 2.24) is 9.97 Å². The Hall–Kier alpha value is -1.88. The number of nitrogens with two attached hydrogens (primary N) is 1. The van der Waals surface area contributed by atoms with Gasteiger partial charge in [-0.1, -0.05) is 0 Å². The number of aromatic nitrogens is 2. The zero-order valence-corrected chi connectivity index (χ0v) is 12.0. The van der Waals surface area contributed by atoms with Crippen molar-refractivity contribution >= 4 is 17.6 Å². The van der Waals surface area contributed by atoms with Crippen LogP contribution < -0.4 is 5.73 Å². The minimum atomic E-state index is 0.0942. The normalized spacial score (nSPS) is 10.5. The van der Waals surface area contributed by atoms with E-state index in [2.05, 4.69) is 9.97 Å². The van der Waals surface area contributed by atoms with E-state index in [-0.39, 0.29) is 5.84 Å². The average molecular weight is 272 g/mol. The molecule has 98 valence electrons. The molecule has 0 aliphatic carbocycles. The van der Waals surface area contributed by atoms with Crippen molar-refractivity contribution in [2.45, 2.75) is 30.8 Å². The van der Waals surface area contributed by atoms with Gasteiger partial charge < -0.3 is 5.73 Å². The Morgan fingerprint density at radius 3 is 2.26 bits per heavy atom. The molecule has 3 N–H and O–H groups in total. The monoisotopic (exact) mass is 272 g/mol. The minimum Gasteiger partial charge on any atom is -0.384 e. The predicted molar refractivity (Wildman–Crippen MR) is 77.8 cm³/mol. The number of benzene rings is 1. The van der Waals surface area contributed by atoms with Crippen LogP contribution in [0, 0.1) is 26.2 Å². The van der Waals surface area contributed by atoms with Crippen molar-refractivity contribution in [1.29, 1.82) is 5.41 Å². The summed E-state index contributed by atoms with van der Waals surface area (Å²) in [4.78, 5) is 9.85. The van der Waals surface area contributed by atoms with Crippen LogP contribution in [0.3, 0.4) is 0 Å². The fourth-order valence-corrected chi connectivity index (χ4v) is 2.81. The van der Waals surface area contributed by atoms with Gasteiger partial charge in [0.15, 0.2) is 5.16 Å². The van der Waals surface area contributed by atoms with Gasteiger partial charge in [0.25, 0.3) is 0 Å². The molecule has 2 rings (SSSR count). The quantitative estimate of drug-likeness (QED) is 0.512. The number of amidine groups is 1. The molecule has 1 aromatic carbocycles. The van der Waals surface area contributed by atoms with Crippen LogP contribution in [0.1, 0.15) is 22.5 Å². The number of hydrogen-bond donors (Lipinski definition) is 2. The predicted octanol–water partition coefficient (Wildman–Crippen LogP) is 2.84. The second-order valence-electron chi connectivity index (χ2n) is 4.43. The zero-order chi connectivity index (χ0) is 14.0. The highest BCUT2D eigenvalue weighted by atomic mass is 32.2. The second-order valence-corrected chi connectivity index (χ2v) is 5.47. The van der Waals surface area contributed by atoms with Crippen LogP contribution in [0.2, 0.25) is 0 Å². The van der Waals surface area contributed by atoms with Crippen LogP contribution in [0.4, 0.5) is 0 Å². The highest BCUT2D eigenvalue weighted by Gasteiger charge is 2.06. The Kier molecular flexibility index (Phi) is 3.85. The summed E-state index contributed by atoms with van der Waals surface area (Å²) in [6, 6.07) is 7.76. The summed E-state index contributed by atoms with van der Waals surface area (Å²) in [6.07, 6.45) is 0. The third kappa shape index (κ3) is 3.32. The van der Waals surface area contributed by atoms with Gasteiger partial charge in [0.1, 0.15) is 5.84 Å². The first-order chi connectivity index (χ1) is 8.95. The van der Waals surface area contributed by atoms with Gasteiger partial charge in [-0.25, -0.2) is 9.97 Å². The highest BCUT2D eigenvalue weighted by Crippen LogP contribution is 2.26. The lowest BCUT2D eigenvalue weighted by Crippen LogP contribution is -2.12. The molecule has 0 bridgehead atoms. The summed E-state index contributed by atoms with van der Waals surface area (Å²) in [5, 5.41) is 8.21. The van der Waals surface area contributed by atoms with E-state index in [0.717, 1.165) is 32.6 Å².